The van der Waals surface area contributed by atoms with Gasteiger partial charge in [0.05, 0.1) is 17.1 Å². The van der Waals surface area contributed by atoms with Gasteiger partial charge in [-0.2, -0.15) is 13.2 Å². The maximum absolute atomic E-state index is 13.6. The highest BCUT2D eigenvalue weighted by atomic mass is 32.2. The molecule has 0 fully saturated rings. The van der Waals surface area contributed by atoms with Crippen molar-refractivity contribution < 1.29 is 48.7 Å². The molecule has 0 unspecified atom stereocenters. The molecule has 2 heterocycles. The molecule has 1 atom stereocenters. The lowest BCUT2D eigenvalue weighted by Crippen LogP contribution is -2.48. The van der Waals surface area contributed by atoms with Gasteiger partial charge >= 0.3 is 12.3 Å². The van der Waals surface area contributed by atoms with Gasteiger partial charge in [0.2, 0.25) is 15.6 Å². The Morgan fingerprint density at radius 2 is 1.78 bits per heavy atom. The third-order valence-corrected chi connectivity index (χ3v) is 10.4. The summed E-state index contributed by atoms with van der Waals surface area (Å²) >= 11 is 0.984. The highest BCUT2D eigenvalue weighted by Gasteiger charge is 2.51. The van der Waals surface area contributed by atoms with E-state index in [9.17, 15) is 39.2 Å². The summed E-state index contributed by atoms with van der Waals surface area (Å²) < 4.78 is 119. The lowest BCUT2D eigenvalue weighted by molar-refractivity contribution is -0.242. The molecule has 17 heteroatoms. The maximum atomic E-state index is 13.6. The molecule has 10 nitrogen and oxygen atoms in total. The first-order valence-corrected chi connectivity index (χ1v) is 15.5. The monoisotopic (exact) mass is 637 g/mol. The molecule has 2 aromatic carbocycles. The number of halogens is 4. The van der Waals surface area contributed by atoms with Crippen LogP contribution >= 0.6 is 11.3 Å². The second-order valence-electron chi connectivity index (χ2n) is 9.22. The molecular weight excluding hydrogens is 614 g/mol. The molecule has 3 aromatic rings. The first-order chi connectivity index (χ1) is 19.0. The molecule has 0 aliphatic carbocycles. The van der Waals surface area contributed by atoms with Crippen LogP contribution < -0.4 is 19.1 Å². The van der Waals surface area contributed by atoms with Gasteiger partial charge in [-0.05, 0) is 67.8 Å². The fourth-order valence-corrected chi connectivity index (χ4v) is 7.18. The summed E-state index contributed by atoms with van der Waals surface area (Å²) in [6.07, 6.45) is -7.32. The number of sulfonamides is 2. The third-order valence-electron chi connectivity index (χ3n) is 5.83. The number of benzene rings is 2. The molecule has 0 radical (unpaired) electrons. The van der Waals surface area contributed by atoms with E-state index in [1.165, 1.54) is 18.2 Å². The fourth-order valence-electron chi connectivity index (χ4n) is 3.58. The molecule has 0 bridgehead atoms. The number of hydrogen-bond acceptors (Lipinski definition) is 8. The third kappa shape index (κ3) is 6.74. The van der Waals surface area contributed by atoms with Crippen molar-refractivity contribution in [3.8, 4) is 5.75 Å². The minimum atomic E-state index is -4.85. The minimum absolute atomic E-state index is 0.0307. The average molecular weight is 638 g/mol. The lowest BCUT2D eigenvalue weighted by atomic mass is 10.1. The van der Waals surface area contributed by atoms with Gasteiger partial charge in [0.25, 0.3) is 10.0 Å². The molecular formula is C24H23F4N3O7S3. The molecule has 1 amide bonds. The smallest absolute Gasteiger partial charge is 0.427 e. The Labute approximate surface area is 237 Å². The molecule has 41 heavy (non-hydrogen) atoms. The van der Waals surface area contributed by atoms with E-state index in [-0.39, 0.29) is 32.8 Å². The SMILES string of the molecule is CC(C)(OC(=O)Nc1ccc2c(c1)N(S(=O)(=O)c1ccc(F)cc1)C[C@H](CNS(=O)(=O)c1cccs1)O2)C(F)(F)F. The first kappa shape index (κ1) is 30.5. The molecule has 1 aromatic heterocycles. The van der Waals surface area contributed by atoms with Crippen LogP contribution in [0.25, 0.3) is 0 Å². The van der Waals surface area contributed by atoms with Crippen LogP contribution in [0, 0.1) is 5.82 Å². The van der Waals surface area contributed by atoms with E-state index in [4.69, 9.17) is 4.74 Å². The van der Waals surface area contributed by atoms with Crippen LogP contribution in [0.2, 0.25) is 0 Å². The van der Waals surface area contributed by atoms with Crippen molar-refractivity contribution in [2.24, 2.45) is 0 Å². The number of anilines is 2. The predicted molar refractivity (Wildman–Crippen MR) is 142 cm³/mol. The first-order valence-electron chi connectivity index (χ1n) is 11.7. The highest BCUT2D eigenvalue weighted by molar-refractivity contribution is 7.93. The van der Waals surface area contributed by atoms with E-state index in [1.807, 2.05) is 0 Å². The van der Waals surface area contributed by atoms with E-state index in [2.05, 4.69) is 14.8 Å². The number of rotatable bonds is 8. The van der Waals surface area contributed by atoms with E-state index in [0.29, 0.717) is 13.8 Å². The normalized spacial score (nSPS) is 16.0. The Hall–Kier alpha value is -3.41. The molecule has 1 aliphatic heterocycles. The largest absolute Gasteiger partial charge is 0.485 e. The summed E-state index contributed by atoms with van der Waals surface area (Å²) in [6.45, 7) is 0.594. The van der Waals surface area contributed by atoms with E-state index >= 15 is 0 Å². The van der Waals surface area contributed by atoms with Gasteiger partial charge in [-0.3, -0.25) is 9.62 Å². The predicted octanol–water partition coefficient (Wildman–Crippen LogP) is 4.71. The number of thiophene rings is 1. The van der Waals surface area contributed by atoms with Crippen molar-refractivity contribution in [2.45, 2.75) is 40.8 Å². The average Bonchev–Trinajstić information content (AvgIpc) is 3.43. The zero-order chi connectivity index (χ0) is 30.2. The molecule has 4 rings (SSSR count). The summed E-state index contributed by atoms with van der Waals surface area (Å²) in [5.74, 6) is -0.712. The number of ether oxygens (including phenoxy) is 2. The summed E-state index contributed by atoms with van der Waals surface area (Å²) in [5.41, 5.74) is -3.04. The minimum Gasteiger partial charge on any atom is -0.485 e. The molecule has 0 saturated heterocycles. The van der Waals surface area contributed by atoms with Crippen LogP contribution in [0.3, 0.4) is 0 Å². The molecule has 222 valence electrons. The quantitative estimate of drug-likeness (QED) is 0.342. The van der Waals surface area contributed by atoms with Gasteiger partial charge in [-0.25, -0.2) is 30.7 Å². The molecule has 0 spiro atoms. The number of carbonyl (C=O) groups is 1. The van der Waals surface area contributed by atoms with Crippen molar-refractivity contribution in [2.75, 3.05) is 22.7 Å². The van der Waals surface area contributed by atoms with Crippen molar-refractivity contribution in [1.29, 1.82) is 0 Å². The summed E-state index contributed by atoms with van der Waals surface area (Å²) in [7, 11) is -8.31. The summed E-state index contributed by atoms with van der Waals surface area (Å²) in [4.78, 5) is 11.9. The van der Waals surface area contributed by atoms with Gasteiger partial charge < -0.3 is 9.47 Å². The van der Waals surface area contributed by atoms with Gasteiger partial charge in [-0.15, -0.1) is 11.3 Å². The highest BCUT2D eigenvalue weighted by Crippen LogP contribution is 2.39. The zero-order valence-corrected chi connectivity index (χ0v) is 23.8. The van der Waals surface area contributed by atoms with E-state index in [1.54, 1.807) is 11.4 Å². The number of fused-ring (bicyclic) bond motifs is 1. The van der Waals surface area contributed by atoms with Gasteiger partial charge in [-0.1, -0.05) is 6.07 Å². The zero-order valence-electron chi connectivity index (χ0n) is 21.3. The lowest BCUT2D eigenvalue weighted by Gasteiger charge is -2.35. The number of alkyl halides is 3. The second kappa shape index (κ2) is 11.1. The number of nitrogens with one attached hydrogen (secondary N) is 2. The summed E-state index contributed by atoms with van der Waals surface area (Å²) in [5, 5.41) is 3.71. The van der Waals surface area contributed by atoms with Gasteiger partial charge in [0.1, 0.15) is 21.9 Å². The number of amides is 1. The van der Waals surface area contributed by atoms with Gasteiger partial charge in [0.15, 0.2) is 0 Å². The van der Waals surface area contributed by atoms with Crippen LogP contribution in [0.15, 0.2) is 69.1 Å². The van der Waals surface area contributed by atoms with Crippen LogP contribution in [-0.4, -0.2) is 53.9 Å². The van der Waals surface area contributed by atoms with E-state index in [0.717, 1.165) is 46.0 Å². The van der Waals surface area contributed by atoms with Crippen LogP contribution in [0.5, 0.6) is 5.75 Å². The Kier molecular flexibility index (Phi) is 8.28. The second-order valence-corrected chi connectivity index (χ2v) is 14.0. The number of hydrogen-bond donors (Lipinski definition) is 2. The maximum Gasteiger partial charge on any atom is 0.427 e. The topological polar surface area (TPSA) is 131 Å². The summed E-state index contributed by atoms with van der Waals surface area (Å²) in [6, 6.07) is 10.5. The number of carbonyl (C=O) groups excluding carboxylic acids is 1. The Morgan fingerprint density at radius 3 is 2.39 bits per heavy atom. The van der Waals surface area contributed by atoms with Crippen molar-refractivity contribution >= 4 is 48.9 Å². The Bertz CT molecular complexity index is 1630. The number of nitrogens with zero attached hydrogens (tertiary/aromatic N) is 1. The van der Waals surface area contributed by atoms with Gasteiger partial charge in [0, 0.05) is 12.2 Å². The van der Waals surface area contributed by atoms with Crippen LogP contribution in [0.1, 0.15) is 13.8 Å². The van der Waals surface area contributed by atoms with Crippen LogP contribution in [-0.2, 0) is 24.8 Å². The van der Waals surface area contributed by atoms with Crippen molar-refractivity contribution in [3.63, 3.8) is 0 Å². The Morgan fingerprint density at radius 1 is 1.10 bits per heavy atom. The standard InChI is InChI=1S/C24H23F4N3O7S3/c1-23(2,24(26,27)28)38-22(32)30-16-7-10-20-19(12-16)31(41(35,36)18-8-5-15(25)6-9-18)14-17(37-20)13-29-40(33,34)21-4-3-11-39-21/h3-12,17,29H,13-14H2,1-2H3,(H,30,32)/t17-/m0/s1. The van der Waals surface area contributed by atoms with Crippen molar-refractivity contribution in [1.82, 2.24) is 4.72 Å². The molecule has 1 aliphatic rings. The van der Waals surface area contributed by atoms with E-state index < -0.39 is 56.4 Å². The van der Waals surface area contributed by atoms with Crippen molar-refractivity contribution in [3.05, 3.63) is 65.8 Å². The fraction of sp³-hybridized carbons (Fsp3) is 0.292. The van der Waals surface area contributed by atoms with Crippen LogP contribution in [0.4, 0.5) is 33.7 Å². The molecule has 0 saturated carbocycles. The Balaban J connectivity index is 1.64. The molecule has 2 N–H and O–H groups in total.